The average Bonchev–Trinajstić information content (AvgIpc) is 2.93. The smallest absolute Gasteiger partial charge is 0.413 e. The average molecular weight is 305 g/mol. The van der Waals surface area contributed by atoms with Crippen LogP contribution in [0.25, 0.3) is 0 Å². The molecule has 0 radical (unpaired) electrons. The Morgan fingerprint density at radius 3 is 2.76 bits per heavy atom. The highest BCUT2D eigenvalue weighted by atomic mass is 32.1. The lowest BCUT2D eigenvalue weighted by Gasteiger charge is -2.03. The molecule has 1 aromatic carbocycles. The van der Waals surface area contributed by atoms with Crippen LogP contribution < -0.4 is 10.6 Å². The van der Waals surface area contributed by atoms with E-state index in [-0.39, 0.29) is 12.3 Å². The summed E-state index contributed by atoms with van der Waals surface area (Å²) in [5, 5.41) is 7.42. The van der Waals surface area contributed by atoms with E-state index in [2.05, 4.69) is 20.4 Å². The van der Waals surface area contributed by atoms with Gasteiger partial charge in [0.25, 0.3) is 0 Å². The second-order valence-corrected chi connectivity index (χ2v) is 5.06. The minimum absolute atomic E-state index is 0.117. The summed E-state index contributed by atoms with van der Waals surface area (Å²) in [5.74, 6) is -0.117. The van der Waals surface area contributed by atoms with Crippen LogP contribution in [-0.2, 0) is 22.5 Å². The summed E-state index contributed by atoms with van der Waals surface area (Å²) in [6.07, 6.45) is -0.406. The molecule has 6 nitrogen and oxygen atoms in total. The van der Waals surface area contributed by atoms with Gasteiger partial charge in [-0.25, -0.2) is 9.78 Å². The molecule has 0 saturated carbocycles. The zero-order valence-electron chi connectivity index (χ0n) is 11.5. The van der Waals surface area contributed by atoms with Crippen molar-refractivity contribution in [1.29, 1.82) is 0 Å². The third-order valence-corrected chi connectivity index (χ3v) is 3.43. The van der Waals surface area contributed by atoms with Gasteiger partial charge in [-0.05, 0) is 5.56 Å². The molecule has 2 N–H and O–H groups in total. The molecule has 0 atom stereocenters. The molecule has 0 unspecified atom stereocenters. The summed E-state index contributed by atoms with van der Waals surface area (Å²) >= 11 is 1.25. The van der Waals surface area contributed by atoms with Crippen LogP contribution in [0.2, 0.25) is 0 Å². The number of hydrogen-bond donors (Lipinski definition) is 2. The van der Waals surface area contributed by atoms with E-state index >= 15 is 0 Å². The van der Waals surface area contributed by atoms with Crippen LogP contribution in [0.4, 0.5) is 9.93 Å². The maximum absolute atomic E-state index is 11.8. The predicted molar refractivity (Wildman–Crippen MR) is 80.1 cm³/mol. The second kappa shape index (κ2) is 7.39. The summed E-state index contributed by atoms with van der Waals surface area (Å²) in [6, 6.07) is 9.67. The Morgan fingerprint density at radius 1 is 1.29 bits per heavy atom. The second-order valence-electron chi connectivity index (χ2n) is 4.20. The van der Waals surface area contributed by atoms with Crippen molar-refractivity contribution in [3.63, 3.8) is 0 Å². The van der Waals surface area contributed by atoms with Gasteiger partial charge in [0, 0.05) is 11.9 Å². The molecule has 2 amide bonds. The maximum Gasteiger partial charge on any atom is 0.413 e. The first-order valence-electron chi connectivity index (χ1n) is 6.27. The first-order chi connectivity index (χ1) is 10.2. The van der Waals surface area contributed by atoms with Crippen molar-refractivity contribution in [2.75, 3.05) is 12.4 Å². The highest BCUT2D eigenvalue weighted by molar-refractivity contribution is 7.13. The molecule has 2 aromatic rings. The molecule has 110 valence electrons. The molecule has 0 aliphatic carbocycles. The number of carbonyl (C=O) groups excluding carboxylic acids is 2. The van der Waals surface area contributed by atoms with Crippen molar-refractivity contribution in [1.82, 2.24) is 10.3 Å². The van der Waals surface area contributed by atoms with Crippen molar-refractivity contribution < 1.29 is 14.3 Å². The zero-order valence-corrected chi connectivity index (χ0v) is 12.3. The van der Waals surface area contributed by atoms with E-state index in [4.69, 9.17) is 0 Å². The highest BCUT2D eigenvalue weighted by Gasteiger charge is 2.09. The van der Waals surface area contributed by atoms with Gasteiger partial charge in [-0.3, -0.25) is 10.1 Å². The number of nitrogens with one attached hydrogen (secondary N) is 2. The molecule has 7 heteroatoms. The molecule has 0 aliphatic rings. The normalized spacial score (nSPS) is 9.95. The van der Waals surface area contributed by atoms with Gasteiger partial charge in [-0.15, -0.1) is 11.3 Å². The van der Waals surface area contributed by atoms with E-state index in [1.165, 1.54) is 18.4 Å². The fourth-order valence-corrected chi connectivity index (χ4v) is 2.30. The Balaban J connectivity index is 1.81. The minimum Gasteiger partial charge on any atom is -0.453 e. The number of carbonyl (C=O) groups is 2. The molecule has 1 aromatic heterocycles. The molecule has 0 fully saturated rings. The van der Waals surface area contributed by atoms with Crippen LogP contribution in [0.1, 0.15) is 11.3 Å². The molecule has 0 aliphatic heterocycles. The molecule has 0 bridgehead atoms. The molecule has 21 heavy (non-hydrogen) atoms. The van der Waals surface area contributed by atoms with Crippen LogP contribution in [0.5, 0.6) is 0 Å². The predicted octanol–water partition coefficient (Wildman–Crippen LogP) is 2.18. The first kappa shape index (κ1) is 15.0. The van der Waals surface area contributed by atoms with Crippen LogP contribution >= 0.6 is 11.3 Å². The molecule has 2 rings (SSSR count). The van der Waals surface area contributed by atoms with Crippen molar-refractivity contribution >= 4 is 28.5 Å². The van der Waals surface area contributed by atoms with Gasteiger partial charge in [-0.2, -0.15) is 0 Å². The topological polar surface area (TPSA) is 80.3 Å². The quantitative estimate of drug-likeness (QED) is 0.887. The third-order valence-electron chi connectivity index (χ3n) is 2.62. The third kappa shape index (κ3) is 4.88. The van der Waals surface area contributed by atoms with Gasteiger partial charge < -0.3 is 10.1 Å². The fourth-order valence-electron chi connectivity index (χ4n) is 1.61. The SMILES string of the molecule is COC(=O)Nc1nc(CC(=O)NCc2ccccc2)cs1. The number of methoxy groups -OCH3 is 1. The Morgan fingerprint density at radius 2 is 2.05 bits per heavy atom. The Bertz CT molecular complexity index is 613. The molecule has 1 heterocycles. The van der Waals surface area contributed by atoms with Crippen LogP contribution in [-0.4, -0.2) is 24.1 Å². The summed E-state index contributed by atoms with van der Waals surface area (Å²) in [6.45, 7) is 0.483. The van der Waals surface area contributed by atoms with Gasteiger partial charge in [0.05, 0.1) is 19.2 Å². The van der Waals surface area contributed by atoms with E-state index in [0.717, 1.165) is 5.56 Å². The van der Waals surface area contributed by atoms with Crippen molar-refractivity contribution in [3.8, 4) is 0 Å². The van der Waals surface area contributed by atoms with Crippen molar-refractivity contribution in [2.45, 2.75) is 13.0 Å². The van der Waals surface area contributed by atoms with Crippen LogP contribution in [0.15, 0.2) is 35.7 Å². The summed E-state index contributed by atoms with van der Waals surface area (Å²) in [7, 11) is 1.28. The summed E-state index contributed by atoms with van der Waals surface area (Å²) in [5.41, 5.74) is 1.65. The summed E-state index contributed by atoms with van der Waals surface area (Å²) < 4.78 is 4.47. The zero-order chi connectivity index (χ0) is 15.1. The van der Waals surface area contributed by atoms with Crippen LogP contribution in [0.3, 0.4) is 0 Å². The Labute approximate surface area is 126 Å². The number of rotatable bonds is 5. The number of amides is 2. The van der Waals surface area contributed by atoms with Gasteiger partial charge in [0.15, 0.2) is 5.13 Å². The van der Waals surface area contributed by atoms with E-state index in [0.29, 0.717) is 17.4 Å². The molecular weight excluding hydrogens is 290 g/mol. The number of nitrogens with zero attached hydrogens (tertiary/aromatic N) is 1. The standard InChI is InChI=1S/C14H15N3O3S/c1-20-14(19)17-13-16-11(9-21-13)7-12(18)15-8-10-5-3-2-4-6-10/h2-6,9H,7-8H2,1H3,(H,15,18)(H,16,17,19). The van der Waals surface area contributed by atoms with Gasteiger partial charge in [0.2, 0.25) is 5.91 Å². The van der Waals surface area contributed by atoms with E-state index < -0.39 is 6.09 Å². The first-order valence-corrected chi connectivity index (χ1v) is 7.15. The van der Waals surface area contributed by atoms with E-state index in [9.17, 15) is 9.59 Å². The Hall–Kier alpha value is -2.41. The van der Waals surface area contributed by atoms with Gasteiger partial charge in [-0.1, -0.05) is 30.3 Å². The monoisotopic (exact) mass is 305 g/mol. The number of hydrogen-bond acceptors (Lipinski definition) is 5. The number of thiazole rings is 1. The van der Waals surface area contributed by atoms with Crippen LogP contribution in [0, 0.1) is 0 Å². The highest BCUT2D eigenvalue weighted by Crippen LogP contribution is 2.15. The summed E-state index contributed by atoms with van der Waals surface area (Å²) in [4.78, 5) is 27.0. The lowest BCUT2D eigenvalue weighted by molar-refractivity contribution is -0.120. The minimum atomic E-state index is -0.579. The maximum atomic E-state index is 11.8. The lowest BCUT2D eigenvalue weighted by atomic mass is 10.2. The van der Waals surface area contributed by atoms with Crippen molar-refractivity contribution in [2.24, 2.45) is 0 Å². The Kier molecular flexibility index (Phi) is 5.28. The number of benzene rings is 1. The number of anilines is 1. The van der Waals surface area contributed by atoms with E-state index in [1.54, 1.807) is 5.38 Å². The molecule has 0 saturated heterocycles. The van der Waals surface area contributed by atoms with Crippen molar-refractivity contribution in [3.05, 3.63) is 47.0 Å². The number of ether oxygens (including phenoxy) is 1. The van der Waals surface area contributed by atoms with Gasteiger partial charge >= 0.3 is 6.09 Å². The molecular formula is C14H15N3O3S. The van der Waals surface area contributed by atoms with Gasteiger partial charge in [0.1, 0.15) is 0 Å². The fraction of sp³-hybridized carbons (Fsp3) is 0.214. The largest absolute Gasteiger partial charge is 0.453 e. The molecule has 0 spiro atoms. The number of aromatic nitrogens is 1. The van der Waals surface area contributed by atoms with E-state index in [1.807, 2.05) is 30.3 Å². The lowest BCUT2D eigenvalue weighted by Crippen LogP contribution is -2.24.